The number of carbonyl (C=O) groups excluding carboxylic acids is 1. The first-order chi connectivity index (χ1) is 5.57. The number of hydrazine groups is 1. The molecule has 0 aromatic rings. The standard InChI is InChI=1S/C6H12N2O4/c1-3-4-5-7(8(10)11)12-6(2)9/h3-5H2,1-2H3. The molecule has 0 fully saturated rings. The number of nitro groups is 1. The molecule has 0 aliphatic carbocycles. The van der Waals surface area contributed by atoms with Crippen LogP contribution >= 0.6 is 0 Å². The Bertz CT molecular complexity index is 171. The molecule has 0 N–H and O–H groups in total. The van der Waals surface area contributed by atoms with Crippen LogP contribution in [0.4, 0.5) is 0 Å². The van der Waals surface area contributed by atoms with Gasteiger partial charge in [0.25, 0.3) is 0 Å². The summed E-state index contributed by atoms with van der Waals surface area (Å²) in [5.41, 5.74) is 0. The smallest absolute Gasteiger partial charge is 0.289 e. The minimum atomic E-state index is -0.739. The Hall–Kier alpha value is -1.33. The monoisotopic (exact) mass is 176 g/mol. The second-order valence-corrected chi connectivity index (χ2v) is 2.25. The topological polar surface area (TPSA) is 72.7 Å². The van der Waals surface area contributed by atoms with Gasteiger partial charge in [-0.05, 0) is 6.42 Å². The minimum Gasteiger partial charge on any atom is -0.289 e. The molecule has 0 saturated heterocycles. The molecule has 0 unspecified atom stereocenters. The lowest BCUT2D eigenvalue weighted by molar-refractivity contribution is -0.723. The second kappa shape index (κ2) is 5.34. The zero-order valence-electron chi connectivity index (χ0n) is 7.15. The van der Waals surface area contributed by atoms with Crippen LogP contribution in [-0.2, 0) is 9.63 Å². The molecule has 0 heterocycles. The van der Waals surface area contributed by atoms with E-state index >= 15 is 0 Å². The van der Waals surface area contributed by atoms with Gasteiger partial charge in [-0.25, -0.2) is 14.9 Å². The molecule has 6 heteroatoms. The van der Waals surface area contributed by atoms with Crippen molar-refractivity contribution in [3.8, 4) is 0 Å². The van der Waals surface area contributed by atoms with Gasteiger partial charge < -0.3 is 0 Å². The van der Waals surface area contributed by atoms with Crippen molar-refractivity contribution in [3.63, 3.8) is 0 Å². The molecule has 0 atom stereocenters. The van der Waals surface area contributed by atoms with Gasteiger partial charge in [0.2, 0.25) is 0 Å². The van der Waals surface area contributed by atoms with Crippen LogP contribution in [0.2, 0.25) is 0 Å². The molecule has 0 radical (unpaired) electrons. The highest BCUT2D eigenvalue weighted by Crippen LogP contribution is 1.96. The average molecular weight is 176 g/mol. The molecule has 0 rings (SSSR count). The minimum absolute atomic E-state index is 0.128. The van der Waals surface area contributed by atoms with E-state index < -0.39 is 11.0 Å². The maximum absolute atomic E-state index is 10.4. The lowest BCUT2D eigenvalue weighted by Gasteiger charge is -2.10. The lowest BCUT2D eigenvalue weighted by atomic mass is 10.3. The van der Waals surface area contributed by atoms with Crippen molar-refractivity contribution in [2.45, 2.75) is 26.7 Å². The normalized spacial score (nSPS) is 9.17. The molecule has 0 aliphatic heterocycles. The summed E-state index contributed by atoms with van der Waals surface area (Å²) in [6, 6.07) is 0. The van der Waals surface area contributed by atoms with Crippen LogP contribution < -0.4 is 0 Å². The summed E-state index contributed by atoms with van der Waals surface area (Å²) in [7, 11) is 0. The number of hydroxylamine groups is 1. The Balaban J connectivity index is 3.87. The van der Waals surface area contributed by atoms with Gasteiger partial charge in [-0.2, -0.15) is 0 Å². The van der Waals surface area contributed by atoms with Gasteiger partial charge in [-0.3, -0.25) is 4.84 Å². The van der Waals surface area contributed by atoms with E-state index in [1.165, 1.54) is 0 Å². The molecular weight excluding hydrogens is 164 g/mol. The van der Waals surface area contributed by atoms with E-state index in [-0.39, 0.29) is 6.54 Å². The number of nitrogens with zero attached hydrogens (tertiary/aromatic N) is 2. The van der Waals surface area contributed by atoms with Gasteiger partial charge in [0.1, 0.15) is 6.54 Å². The van der Waals surface area contributed by atoms with Crippen molar-refractivity contribution in [3.05, 3.63) is 10.1 Å². The van der Waals surface area contributed by atoms with E-state index in [0.29, 0.717) is 11.6 Å². The summed E-state index contributed by atoms with van der Waals surface area (Å²) in [6.07, 6.45) is 1.43. The predicted octanol–water partition coefficient (Wildman–Crippen LogP) is 0.758. The highest BCUT2D eigenvalue weighted by atomic mass is 16.8. The van der Waals surface area contributed by atoms with Gasteiger partial charge in [-0.1, -0.05) is 13.3 Å². The van der Waals surface area contributed by atoms with Gasteiger partial charge in [-0.15, -0.1) is 0 Å². The number of rotatable bonds is 5. The van der Waals surface area contributed by atoms with Crippen molar-refractivity contribution in [2.75, 3.05) is 6.54 Å². The van der Waals surface area contributed by atoms with Gasteiger partial charge in [0, 0.05) is 6.92 Å². The van der Waals surface area contributed by atoms with Crippen molar-refractivity contribution < 1.29 is 14.7 Å². The van der Waals surface area contributed by atoms with Gasteiger partial charge in [0.05, 0.1) is 5.17 Å². The Labute approximate surface area is 70.2 Å². The SMILES string of the molecule is CCCCN(OC(C)=O)[N+](=O)[O-]. The van der Waals surface area contributed by atoms with E-state index in [9.17, 15) is 14.9 Å². The van der Waals surface area contributed by atoms with Crippen LogP contribution in [0, 0.1) is 10.1 Å². The third kappa shape index (κ3) is 4.48. The van der Waals surface area contributed by atoms with E-state index in [4.69, 9.17) is 0 Å². The van der Waals surface area contributed by atoms with Crippen molar-refractivity contribution in [1.82, 2.24) is 5.17 Å². The summed E-state index contributed by atoms with van der Waals surface area (Å²) >= 11 is 0. The molecular formula is C6H12N2O4. The first-order valence-corrected chi connectivity index (χ1v) is 3.68. The summed E-state index contributed by atoms with van der Waals surface area (Å²) in [5.74, 6) is -0.678. The van der Waals surface area contributed by atoms with Crippen molar-refractivity contribution >= 4 is 5.97 Å². The van der Waals surface area contributed by atoms with Gasteiger partial charge >= 0.3 is 5.97 Å². The maximum Gasteiger partial charge on any atom is 0.335 e. The molecule has 0 amide bonds. The predicted molar refractivity (Wildman–Crippen MR) is 40.4 cm³/mol. The second-order valence-electron chi connectivity index (χ2n) is 2.25. The fraction of sp³-hybridized carbons (Fsp3) is 0.833. The van der Waals surface area contributed by atoms with Crippen LogP contribution in [0.3, 0.4) is 0 Å². The molecule has 0 bridgehead atoms. The number of unbranched alkanes of at least 4 members (excludes halogenated alkanes) is 1. The maximum atomic E-state index is 10.4. The Morgan fingerprint density at radius 2 is 2.25 bits per heavy atom. The Morgan fingerprint density at radius 1 is 1.67 bits per heavy atom. The molecule has 12 heavy (non-hydrogen) atoms. The molecule has 70 valence electrons. The Morgan fingerprint density at radius 3 is 2.58 bits per heavy atom. The summed E-state index contributed by atoms with van der Waals surface area (Å²) < 4.78 is 0. The first-order valence-electron chi connectivity index (χ1n) is 3.68. The zero-order chi connectivity index (χ0) is 9.56. The zero-order valence-corrected chi connectivity index (χ0v) is 7.15. The quantitative estimate of drug-likeness (QED) is 0.456. The third-order valence-electron chi connectivity index (χ3n) is 1.12. The summed E-state index contributed by atoms with van der Waals surface area (Å²) in [4.78, 5) is 24.9. The molecule has 0 saturated carbocycles. The fourth-order valence-corrected chi connectivity index (χ4v) is 0.602. The van der Waals surface area contributed by atoms with Crippen LogP contribution in [-0.4, -0.2) is 22.7 Å². The third-order valence-corrected chi connectivity index (χ3v) is 1.12. The van der Waals surface area contributed by atoms with Crippen LogP contribution in [0.5, 0.6) is 0 Å². The van der Waals surface area contributed by atoms with E-state index in [0.717, 1.165) is 13.3 Å². The van der Waals surface area contributed by atoms with Crippen molar-refractivity contribution in [1.29, 1.82) is 0 Å². The Kier molecular flexibility index (Phi) is 4.75. The van der Waals surface area contributed by atoms with Crippen LogP contribution in [0.15, 0.2) is 0 Å². The van der Waals surface area contributed by atoms with E-state index in [2.05, 4.69) is 4.84 Å². The fourth-order valence-electron chi connectivity index (χ4n) is 0.602. The molecule has 0 aromatic heterocycles. The average Bonchev–Trinajstić information content (AvgIpc) is 1.96. The molecule has 0 aromatic carbocycles. The largest absolute Gasteiger partial charge is 0.335 e. The number of hydrogen-bond donors (Lipinski definition) is 0. The summed E-state index contributed by atoms with van der Waals surface area (Å²) in [5, 5.41) is 9.91. The van der Waals surface area contributed by atoms with Crippen LogP contribution in [0.25, 0.3) is 0 Å². The number of carbonyl (C=O) groups is 1. The first kappa shape index (κ1) is 10.7. The lowest BCUT2D eigenvalue weighted by Crippen LogP contribution is -2.32. The van der Waals surface area contributed by atoms with E-state index in [1.807, 2.05) is 6.92 Å². The van der Waals surface area contributed by atoms with E-state index in [1.54, 1.807) is 0 Å². The van der Waals surface area contributed by atoms with Crippen LogP contribution in [0.1, 0.15) is 26.7 Å². The molecule has 6 nitrogen and oxygen atoms in total. The highest BCUT2D eigenvalue weighted by Gasteiger charge is 2.16. The van der Waals surface area contributed by atoms with Crippen molar-refractivity contribution in [2.24, 2.45) is 0 Å². The van der Waals surface area contributed by atoms with Gasteiger partial charge in [0.15, 0.2) is 5.03 Å². The highest BCUT2D eigenvalue weighted by molar-refractivity contribution is 5.65. The number of hydrogen-bond acceptors (Lipinski definition) is 4. The summed E-state index contributed by atoms with van der Waals surface area (Å²) in [6.45, 7) is 3.15. The molecule has 0 spiro atoms. The molecule has 0 aliphatic rings.